The molecule has 2 amide bonds. The highest BCUT2D eigenvalue weighted by Crippen LogP contribution is 2.37. The number of carbonyl (C=O) groups excluding carboxylic acids is 2. The molecule has 4 heterocycles. The van der Waals surface area contributed by atoms with E-state index in [0.29, 0.717) is 22.0 Å². The monoisotopic (exact) mass is 432 g/mol. The van der Waals surface area contributed by atoms with Gasteiger partial charge in [0.15, 0.2) is 6.10 Å². The molecule has 0 bridgehead atoms. The Labute approximate surface area is 182 Å². The summed E-state index contributed by atoms with van der Waals surface area (Å²) in [6.07, 6.45) is 3.30. The van der Waals surface area contributed by atoms with Crippen LogP contribution in [0, 0.1) is 13.8 Å². The molecule has 31 heavy (non-hydrogen) atoms. The average molecular weight is 433 g/mol. The molecule has 1 atom stereocenters. The molecule has 0 saturated carbocycles. The number of benzene rings is 1. The maximum absolute atomic E-state index is 13.3. The number of aromatic nitrogens is 2. The van der Waals surface area contributed by atoms with Crippen molar-refractivity contribution < 1.29 is 14.3 Å². The van der Waals surface area contributed by atoms with Crippen molar-refractivity contribution in [1.29, 1.82) is 0 Å². The summed E-state index contributed by atoms with van der Waals surface area (Å²) in [4.78, 5) is 31.3. The summed E-state index contributed by atoms with van der Waals surface area (Å²) in [5, 5.41) is 6.73. The predicted molar refractivity (Wildman–Crippen MR) is 122 cm³/mol. The fourth-order valence-electron chi connectivity index (χ4n) is 3.78. The number of hydrogen-bond donors (Lipinski definition) is 2. The molecule has 3 aromatic heterocycles. The number of fused-ring (bicyclic) bond motifs is 2. The third kappa shape index (κ3) is 3.34. The molecule has 5 rings (SSSR count). The van der Waals surface area contributed by atoms with Crippen molar-refractivity contribution in [3.05, 3.63) is 64.9 Å². The molecule has 1 aromatic carbocycles. The molecule has 0 spiro atoms. The van der Waals surface area contributed by atoms with E-state index in [1.54, 1.807) is 25.1 Å². The Morgan fingerprint density at radius 3 is 2.77 bits per heavy atom. The van der Waals surface area contributed by atoms with E-state index in [2.05, 4.69) is 15.6 Å². The van der Waals surface area contributed by atoms with E-state index in [0.717, 1.165) is 27.2 Å². The normalized spacial score (nSPS) is 15.3. The quantitative estimate of drug-likeness (QED) is 0.492. The van der Waals surface area contributed by atoms with E-state index in [-0.39, 0.29) is 11.8 Å². The second-order valence-electron chi connectivity index (χ2n) is 7.55. The first-order valence-corrected chi connectivity index (χ1v) is 10.7. The Balaban J connectivity index is 1.55. The minimum Gasteiger partial charge on any atom is -0.479 e. The van der Waals surface area contributed by atoms with Crippen LogP contribution < -0.4 is 15.4 Å². The average Bonchev–Trinajstić information content (AvgIpc) is 3.36. The minimum atomic E-state index is -0.546. The van der Waals surface area contributed by atoms with Gasteiger partial charge in [-0.25, -0.2) is 4.98 Å². The van der Waals surface area contributed by atoms with Crippen LogP contribution in [0.25, 0.3) is 15.9 Å². The maximum Gasteiger partial charge on any atom is 0.267 e. The number of anilines is 2. The van der Waals surface area contributed by atoms with Crippen molar-refractivity contribution in [3.8, 4) is 11.4 Å². The zero-order chi connectivity index (χ0) is 21.7. The molecule has 2 N–H and O–H groups in total. The van der Waals surface area contributed by atoms with E-state index < -0.39 is 6.10 Å². The molecule has 0 saturated heterocycles. The van der Waals surface area contributed by atoms with E-state index in [1.807, 2.05) is 49.0 Å². The highest BCUT2D eigenvalue weighted by Gasteiger charge is 2.25. The standard InChI is InChI=1S/C23H20N4O3S/c1-12-10-13(2)24-23-18(12)19(27-8-4-5-9-27)20(31-23)22(29)25-15-6-7-17-16(11-15)26-21(28)14(3)30-17/h4-11,14H,1-3H3,(H,25,29)(H,26,28)/t14-/m1/s1. The highest BCUT2D eigenvalue weighted by atomic mass is 32.1. The SMILES string of the molecule is Cc1cc(C)c2c(-n3cccc3)c(C(=O)Nc3ccc4c(c3)NC(=O)[C@@H](C)O4)sc2n1. The Bertz CT molecular complexity index is 1340. The van der Waals surface area contributed by atoms with Gasteiger partial charge in [-0.15, -0.1) is 11.3 Å². The molecule has 1 aliphatic rings. The van der Waals surface area contributed by atoms with E-state index >= 15 is 0 Å². The molecular weight excluding hydrogens is 412 g/mol. The predicted octanol–water partition coefficient (Wildman–Crippen LogP) is 4.68. The van der Waals surface area contributed by atoms with Crippen LogP contribution in [0.5, 0.6) is 5.75 Å². The molecule has 156 valence electrons. The van der Waals surface area contributed by atoms with E-state index in [1.165, 1.54) is 11.3 Å². The summed E-state index contributed by atoms with van der Waals surface area (Å²) in [7, 11) is 0. The molecule has 0 radical (unpaired) electrons. The number of nitrogens with one attached hydrogen (secondary N) is 2. The van der Waals surface area contributed by atoms with Gasteiger partial charge in [0.05, 0.1) is 11.4 Å². The zero-order valence-corrected chi connectivity index (χ0v) is 18.0. The fourth-order valence-corrected chi connectivity index (χ4v) is 4.97. The molecule has 1 aliphatic heterocycles. The Hall–Kier alpha value is -3.65. The lowest BCUT2D eigenvalue weighted by Crippen LogP contribution is -2.34. The Kier molecular flexibility index (Phi) is 4.51. The molecule has 7 nitrogen and oxygen atoms in total. The topological polar surface area (TPSA) is 85.2 Å². The molecule has 0 aliphatic carbocycles. The van der Waals surface area contributed by atoms with Crippen LogP contribution in [0.3, 0.4) is 0 Å². The van der Waals surface area contributed by atoms with Gasteiger partial charge >= 0.3 is 0 Å². The maximum atomic E-state index is 13.3. The van der Waals surface area contributed by atoms with Gasteiger partial charge in [0.1, 0.15) is 15.5 Å². The number of carbonyl (C=O) groups is 2. The molecule has 4 aromatic rings. The number of thiophene rings is 1. The second kappa shape index (κ2) is 7.24. The fraction of sp³-hybridized carbons (Fsp3) is 0.174. The lowest BCUT2D eigenvalue weighted by Gasteiger charge is -2.23. The van der Waals surface area contributed by atoms with Crippen LogP contribution in [-0.4, -0.2) is 27.5 Å². The third-order valence-corrected chi connectivity index (χ3v) is 6.27. The van der Waals surface area contributed by atoms with Gasteiger partial charge < -0.3 is 19.9 Å². The summed E-state index contributed by atoms with van der Waals surface area (Å²) < 4.78 is 7.53. The first-order chi connectivity index (χ1) is 14.9. The van der Waals surface area contributed by atoms with E-state index in [4.69, 9.17) is 4.74 Å². The number of rotatable bonds is 3. The van der Waals surface area contributed by atoms with Gasteiger partial charge in [0.2, 0.25) is 0 Å². The lowest BCUT2D eigenvalue weighted by molar-refractivity contribution is -0.122. The van der Waals surface area contributed by atoms with E-state index in [9.17, 15) is 9.59 Å². The van der Waals surface area contributed by atoms with Gasteiger partial charge in [-0.2, -0.15) is 0 Å². The van der Waals surface area contributed by atoms with Crippen molar-refractivity contribution in [3.63, 3.8) is 0 Å². The van der Waals surface area contributed by atoms with Crippen molar-refractivity contribution in [2.75, 3.05) is 10.6 Å². The Morgan fingerprint density at radius 2 is 2.00 bits per heavy atom. The number of aryl methyl sites for hydroxylation is 2. The minimum absolute atomic E-state index is 0.215. The lowest BCUT2D eigenvalue weighted by atomic mass is 10.1. The molecule has 0 fully saturated rings. The highest BCUT2D eigenvalue weighted by molar-refractivity contribution is 7.21. The summed E-state index contributed by atoms with van der Waals surface area (Å²) in [5.41, 5.74) is 3.91. The molecule has 8 heteroatoms. The van der Waals surface area contributed by atoms with Crippen LogP contribution in [-0.2, 0) is 4.79 Å². The largest absolute Gasteiger partial charge is 0.479 e. The van der Waals surface area contributed by atoms with Crippen LogP contribution in [0.1, 0.15) is 27.9 Å². The van der Waals surface area contributed by atoms with Crippen molar-refractivity contribution in [2.45, 2.75) is 26.9 Å². The summed E-state index contributed by atoms with van der Waals surface area (Å²) in [6, 6.07) is 11.1. The third-order valence-electron chi connectivity index (χ3n) is 5.20. The first kappa shape index (κ1) is 19.3. The van der Waals surface area contributed by atoms with Gasteiger partial charge in [0, 0.05) is 29.2 Å². The number of pyridine rings is 1. The zero-order valence-electron chi connectivity index (χ0n) is 17.2. The Morgan fingerprint density at radius 1 is 1.23 bits per heavy atom. The van der Waals surface area contributed by atoms with Crippen molar-refractivity contribution >= 4 is 44.7 Å². The first-order valence-electron chi connectivity index (χ1n) is 9.87. The van der Waals surface area contributed by atoms with Crippen LogP contribution in [0.15, 0.2) is 48.8 Å². The summed E-state index contributed by atoms with van der Waals surface area (Å²) >= 11 is 1.37. The number of hydrogen-bond acceptors (Lipinski definition) is 5. The van der Waals surface area contributed by atoms with Gasteiger partial charge in [-0.3, -0.25) is 9.59 Å². The molecular formula is C23H20N4O3S. The van der Waals surface area contributed by atoms with Crippen molar-refractivity contribution in [1.82, 2.24) is 9.55 Å². The van der Waals surface area contributed by atoms with Gasteiger partial charge in [-0.1, -0.05) is 0 Å². The summed E-state index contributed by atoms with van der Waals surface area (Å²) in [6.45, 7) is 5.67. The van der Waals surface area contributed by atoms with Crippen LogP contribution >= 0.6 is 11.3 Å². The number of ether oxygens (including phenoxy) is 1. The van der Waals surface area contributed by atoms with Crippen LogP contribution in [0.4, 0.5) is 11.4 Å². The smallest absolute Gasteiger partial charge is 0.267 e. The van der Waals surface area contributed by atoms with Gasteiger partial charge in [-0.05, 0) is 62.7 Å². The van der Waals surface area contributed by atoms with Crippen LogP contribution in [0.2, 0.25) is 0 Å². The second-order valence-corrected chi connectivity index (χ2v) is 8.54. The number of amides is 2. The van der Waals surface area contributed by atoms with Gasteiger partial charge in [0.25, 0.3) is 11.8 Å². The summed E-state index contributed by atoms with van der Waals surface area (Å²) in [5.74, 6) is 0.128. The van der Waals surface area contributed by atoms with Crippen molar-refractivity contribution in [2.24, 2.45) is 0 Å². The molecule has 0 unspecified atom stereocenters. The number of nitrogens with zero attached hydrogens (tertiary/aromatic N) is 2.